The van der Waals surface area contributed by atoms with Crippen LogP contribution in [0.25, 0.3) is 16.5 Å². The van der Waals surface area contributed by atoms with E-state index in [1.54, 1.807) is 24.4 Å². The van der Waals surface area contributed by atoms with Crippen LogP contribution in [0.1, 0.15) is 5.01 Å². The number of amides is 1. The molecule has 5 nitrogen and oxygen atoms in total. The predicted octanol–water partition coefficient (Wildman–Crippen LogP) is 3.75. The van der Waals surface area contributed by atoms with Crippen molar-refractivity contribution in [2.75, 3.05) is 6.54 Å². The van der Waals surface area contributed by atoms with Crippen molar-refractivity contribution >= 4 is 69.2 Å². The maximum absolute atomic E-state index is 12.2. The average molecular weight is 397 g/mol. The standard InChI is InChI=1S/C15H9ClN2O3S3/c16-9-3-1-8(2-4-9)11-6-17-12(23-11)5-10-14(21)18(7-13(19)20)15(22)24-10/h1-6H,7H2,(H,19,20). The predicted molar refractivity (Wildman–Crippen MR) is 100 cm³/mol. The molecule has 1 amide bonds. The molecular formula is C15H9ClN2O3S3. The fourth-order valence-corrected chi connectivity index (χ4v) is 4.28. The van der Waals surface area contributed by atoms with Gasteiger partial charge in [-0.25, -0.2) is 4.98 Å². The summed E-state index contributed by atoms with van der Waals surface area (Å²) in [6.45, 7) is -0.435. The molecule has 1 aliphatic rings. The molecule has 1 aliphatic heterocycles. The summed E-state index contributed by atoms with van der Waals surface area (Å²) < 4.78 is 0.239. The molecule has 1 saturated heterocycles. The Morgan fingerprint density at radius 3 is 2.75 bits per heavy atom. The molecule has 122 valence electrons. The Labute approximate surface area is 156 Å². The SMILES string of the molecule is O=C(O)CN1C(=O)C(=Cc2ncc(-c3ccc(Cl)cc3)s2)SC1=S. The molecule has 0 spiro atoms. The third-order valence-electron chi connectivity index (χ3n) is 3.07. The van der Waals surface area contributed by atoms with Crippen LogP contribution in [0.3, 0.4) is 0 Å². The van der Waals surface area contributed by atoms with Crippen molar-refractivity contribution in [1.29, 1.82) is 0 Å². The van der Waals surface area contributed by atoms with Gasteiger partial charge in [0.15, 0.2) is 0 Å². The van der Waals surface area contributed by atoms with Crippen LogP contribution in [0.2, 0.25) is 5.02 Å². The molecule has 0 unspecified atom stereocenters. The number of hydrogen-bond acceptors (Lipinski definition) is 6. The summed E-state index contributed by atoms with van der Waals surface area (Å²) in [6, 6.07) is 7.39. The first kappa shape index (κ1) is 17.1. The van der Waals surface area contributed by atoms with Crippen molar-refractivity contribution in [1.82, 2.24) is 9.88 Å². The lowest BCUT2D eigenvalue weighted by atomic mass is 10.2. The van der Waals surface area contributed by atoms with Gasteiger partial charge in [0, 0.05) is 11.2 Å². The number of benzene rings is 1. The smallest absolute Gasteiger partial charge is 0.323 e. The van der Waals surface area contributed by atoms with E-state index in [0.29, 0.717) is 14.9 Å². The molecule has 0 saturated carbocycles. The van der Waals surface area contributed by atoms with Gasteiger partial charge in [-0.1, -0.05) is 47.7 Å². The van der Waals surface area contributed by atoms with Gasteiger partial charge in [0.05, 0.1) is 9.78 Å². The Morgan fingerprint density at radius 2 is 2.08 bits per heavy atom. The molecule has 1 fully saturated rings. The lowest BCUT2D eigenvalue weighted by Gasteiger charge is -2.09. The normalized spacial score (nSPS) is 16.2. The molecule has 0 atom stereocenters. The van der Waals surface area contributed by atoms with Gasteiger partial charge >= 0.3 is 5.97 Å². The molecule has 3 rings (SSSR count). The van der Waals surface area contributed by atoms with Crippen LogP contribution < -0.4 is 0 Å². The molecule has 2 heterocycles. The van der Waals surface area contributed by atoms with Crippen molar-refractivity contribution in [3.63, 3.8) is 0 Å². The highest BCUT2D eigenvalue weighted by atomic mass is 35.5. The van der Waals surface area contributed by atoms with E-state index in [9.17, 15) is 9.59 Å². The fourth-order valence-electron chi connectivity index (χ4n) is 1.99. The van der Waals surface area contributed by atoms with Gasteiger partial charge in [-0.2, -0.15) is 0 Å². The lowest BCUT2D eigenvalue weighted by molar-refractivity contribution is -0.140. The number of halogens is 1. The number of nitrogens with zero attached hydrogens (tertiary/aromatic N) is 2. The topological polar surface area (TPSA) is 70.5 Å². The van der Waals surface area contributed by atoms with E-state index in [2.05, 4.69) is 4.98 Å². The molecule has 1 N–H and O–H groups in total. The second kappa shape index (κ2) is 7.02. The molecule has 0 radical (unpaired) electrons. The zero-order valence-electron chi connectivity index (χ0n) is 11.9. The highest BCUT2D eigenvalue weighted by molar-refractivity contribution is 8.26. The van der Waals surface area contributed by atoms with Gasteiger partial charge in [-0.3, -0.25) is 14.5 Å². The number of carboxylic acid groups (broad SMARTS) is 1. The number of aromatic nitrogens is 1. The van der Waals surface area contributed by atoms with E-state index >= 15 is 0 Å². The summed E-state index contributed by atoms with van der Waals surface area (Å²) >= 11 is 13.4. The number of carboxylic acids is 1. The Bertz CT molecular complexity index is 861. The average Bonchev–Trinajstić information content (AvgIpc) is 3.09. The lowest BCUT2D eigenvalue weighted by Crippen LogP contribution is -2.33. The van der Waals surface area contributed by atoms with Crippen LogP contribution in [0.5, 0.6) is 0 Å². The van der Waals surface area contributed by atoms with Crippen molar-refractivity contribution < 1.29 is 14.7 Å². The second-order valence-electron chi connectivity index (χ2n) is 4.73. The van der Waals surface area contributed by atoms with Gasteiger partial charge in [0.25, 0.3) is 5.91 Å². The fraction of sp³-hybridized carbons (Fsp3) is 0.0667. The number of thiazole rings is 1. The van der Waals surface area contributed by atoms with Gasteiger partial charge in [-0.05, 0) is 23.8 Å². The first-order valence-electron chi connectivity index (χ1n) is 6.63. The number of aliphatic carboxylic acids is 1. The minimum absolute atomic E-state index is 0.239. The molecule has 24 heavy (non-hydrogen) atoms. The van der Waals surface area contributed by atoms with Crippen LogP contribution in [-0.4, -0.2) is 37.7 Å². The first-order valence-corrected chi connectivity index (χ1v) is 9.05. The minimum atomic E-state index is -1.10. The highest BCUT2D eigenvalue weighted by Gasteiger charge is 2.33. The van der Waals surface area contributed by atoms with Gasteiger partial charge < -0.3 is 5.11 Å². The van der Waals surface area contributed by atoms with Gasteiger partial charge in [-0.15, -0.1) is 11.3 Å². The van der Waals surface area contributed by atoms with Crippen LogP contribution in [0.15, 0.2) is 35.4 Å². The van der Waals surface area contributed by atoms with Crippen molar-refractivity contribution in [2.24, 2.45) is 0 Å². The van der Waals surface area contributed by atoms with Crippen molar-refractivity contribution in [3.8, 4) is 10.4 Å². The van der Waals surface area contributed by atoms with E-state index in [0.717, 1.165) is 27.1 Å². The monoisotopic (exact) mass is 396 g/mol. The summed E-state index contributed by atoms with van der Waals surface area (Å²) in [6.07, 6.45) is 3.35. The van der Waals surface area contributed by atoms with E-state index in [-0.39, 0.29) is 4.32 Å². The zero-order valence-corrected chi connectivity index (χ0v) is 15.1. The van der Waals surface area contributed by atoms with E-state index in [4.69, 9.17) is 28.9 Å². The highest BCUT2D eigenvalue weighted by Crippen LogP contribution is 2.34. The summed E-state index contributed by atoms with van der Waals surface area (Å²) in [5, 5.41) is 10.1. The number of thioether (sulfide) groups is 1. The molecule has 9 heteroatoms. The Hall–Kier alpha value is -1.74. The van der Waals surface area contributed by atoms with Gasteiger partial charge in [0.1, 0.15) is 15.9 Å². The number of thiocarbonyl (C=S) groups is 1. The Morgan fingerprint density at radius 1 is 1.38 bits per heavy atom. The molecule has 2 aromatic rings. The van der Waals surface area contributed by atoms with Crippen molar-refractivity contribution in [2.45, 2.75) is 0 Å². The summed E-state index contributed by atoms with van der Waals surface area (Å²) in [5.74, 6) is -1.51. The maximum atomic E-state index is 12.2. The minimum Gasteiger partial charge on any atom is -0.480 e. The van der Waals surface area contributed by atoms with Crippen LogP contribution >= 0.6 is 46.9 Å². The first-order chi connectivity index (χ1) is 11.4. The van der Waals surface area contributed by atoms with Crippen LogP contribution in [-0.2, 0) is 9.59 Å². The third-order valence-corrected chi connectivity index (χ3v) is 5.70. The quantitative estimate of drug-likeness (QED) is 0.627. The molecular weight excluding hydrogens is 388 g/mol. The van der Waals surface area contributed by atoms with E-state index in [1.165, 1.54) is 11.3 Å². The van der Waals surface area contributed by atoms with Crippen LogP contribution in [0, 0.1) is 0 Å². The maximum Gasteiger partial charge on any atom is 0.323 e. The van der Waals surface area contributed by atoms with Gasteiger partial charge in [0.2, 0.25) is 0 Å². The second-order valence-corrected chi connectivity index (χ2v) is 7.91. The summed E-state index contributed by atoms with van der Waals surface area (Å²) in [5.41, 5.74) is 0.981. The summed E-state index contributed by atoms with van der Waals surface area (Å²) in [4.78, 5) is 29.7. The van der Waals surface area contributed by atoms with Crippen LogP contribution in [0.4, 0.5) is 0 Å². The van der Waals surface area contributed by atoms with E-state index < -0.39 is 18.4 Å². The zero-order chi connectivity index (χ0) is 17.3. The molecule has 0 aliphatic carbocycles. The third kappa shape index (κ3) is 3.67. The van der Waals surface area contributed by atoms with Crippen molar-refractivity contribution in [3.05, 3.63) is 45.4 Å². The number of hydrogen-bond donors (Lipinski definition) is 1. The number of rotatable bonds is 4. The largest absolute Gasteiger partial charge is 0.480 e. The molecule has 0 bridgehead atoms. The number of carbonyl (C=O) groups is 2. The summed E-state index contributed by atoms with van der Waals surface area (Å²) in [7, 11) is 0. The molecule has 1 aromatic carbocycles. The Kier molecular flexibility index (Phi) is 5.00. The van der Waals surface area contributed by atoms with E-state index in [1.807, 2.05) is 12.1 Å². The number of carbonyl (C=O) groups excluding carboxylic acids is 1. The molecule has 1 aromatic heterocycles. The Balaban J connectivity index is 1.82.